The number of nitrogens with zero attached hydrogens (tertiary/aromatic N) is 3. The lowest BCUT2D eigenvalue weighted by Gasteiger charge is -2.20. The highest BCUT2D eigenvalue weighted by Gasteiger charge is 2.22. The van der Waals surface area contributed by atoms with Crippen molar-refractivity contribution in [3.05, 3.63) is 39.1 Å². The molecule has 0 atom stereocenters. The Balaban J connectivity index is 2.76. The molecule has 0 unspecified atom stereocenters. The van der Waals surface area contributed by atoms with Crippen LogP contribution in [0.15, 0.2) is 24.3 Å². The van der Waals surface area contributed by atoms with Crippen LogP contribution in [0.2, 0.25) is 0 Å². The van der Waals surface area contributed by atoms with Crippen LogP contribution in [-0.2, 0) is 15.4 Å². The minimum absolute atomic E-state index is 0.148. The third-order valence-corrected chi connectivity index (χ3v) is 6.04. The van der Waals surface area contributed by atoms with Gasteiger partial charge >= 0.3 is 0 Å². The van der Waals surface area contributed by atoms with Crippen molar-refractivity contribution >= 4 is 54.5 Å². The average Bonchev–Trinajstić information content (AvgIpc) is 2.52. The zero-order valence-electron chi connectivity index (χ0n) is 13.9. The average molecular weight is 524 g/mol. The summed E-state index contributed by atoms with van der Waals surface area (Å²) in [5.74, 6) is 0.342. The maximum atomic E-state index is 11.9. The van der Waals surface area contributed by atoms with Gasteiger partial charge in [0.1, 0.15) is 0 Å². The first-order valence-corrected chi connectivity index (χ1v) is 11.4. The minimum atomic E-state index is -3.43. The van der Waals surface area contributed by atoms with E-state index in [1.165, 1.54) is 7.05 Å². The normalized spacial score (nSPS) is 11.8. The molecule has 0 aliphatic carbocycles. The molecule has 0 saturated carbocycles. The van der Waals surface area contributed by atoms with Crippen LogP contribution in [0.3, 0.4) is 0 Å². The summed E-state index contributed by atoms with van der Waals surface area (Å²) in [5.41, 5.74) is 3.53. The van der Waals surface area contributed by atoms with E-state index in [1.807, 2.05) is 38.1 Å². The van der Waals surface area contributed by atoms with E-state index in [0.29, 0.717) is 5.33 Å². The summed E-state index contributed by atoms with van der Waals surface area (Å²) in [7, 11) is -1.96. The van der Waals surface area contributed by atoms with Gasteiger partial charge in [-0.1, -0.05) is 41.9 Å². The molecule has 130 valence electrons. The van der Waals surface area contributed by atoms with Crippen molar-refractivity contribution in [2.24, 2.45) is 0 Å². The maximum Gasteiger partial charge on any atom is 0.239 e. The lowest BCUT2D eigenvalue weighted by Crippen LogP contribution is -2.27. The summed E-state index contributed by atoms with van der Waals surface area (Å²) in [6, 6.07) is 7.99. The topological polar surface area (TPSA) is 63.2 Å². The number of aromatic nitrogens is 2. The predicted octanol–water partition coefficient (Wildman–Crippen LogP) is 4.16. The van der Waals surface area contributed by atoms with E-state index < -0.39 is 10.0 Å². The molecule has 0 N–H and O–H groups in total. The molecule has 8 heteroatoms. The van der Waals surface area contributed by atoms with Crippen LogP contribution < -0.4 is 4.31 Å². The monoisotopic (exact) mass is 523 g/mol. The predicted molar refractivity (Wildman–Crippen MR) is 110 cm³/mol. The van der Waals surface area contributed by atoms with Crippen LogP contribution in [0.5, 0.6) is 0 Å². The Morgan fingerprint density at radius 3 is 2.25 bits per heavy atom. The number of rotatable bonds is 5. The molecule has 0 amide bonds. The molecule has 5 nitrogen and oxygen atoms in total. The van der Waals surface area contributed by atoms with Gasteiger partial charge in [-0.3, -0.25) is 0 Å². The van der Waals surface area contributed by atoms with Crippen LogP contribution >= 0.6 is 38.5 Å². The first kappa shape index (κ1) is 19.6. The smallest absolute Gasteiger partial charge is 0.239 e. The van der Waals surface area contributed by atoms with Crippen molar-refractivity contribution in [2.45, 2.75) is 25.1 Å². The quantitative estimate of drug-likeness (QED) is 0.436. The summed E-state index contributed by atoms with van der Waals surface area (Å²) < 4.78 is 26.0. The summed E-state index contributed by atoms with van der Waals surface area (Å²) >= 11 is 5.78. The van der Waals surface area contributed by atoms with Gasteiger partial charge in [-0.15, -0.1) is 0 Å². The second-order valence-electron chi connectivity index (χ2n) is 5.76. The van der Waals surface area contributed by atoms with Crippen LogP contribution in [-0.4, -0.2) is 31.7 Å². The van der Waals surface area contributed by atoms with Crippen molar-refractivity contribution < 1.29 is 8.42 Å². The Labute approximate surface area is 165 Å². The third kappa shape index (κ3) is 4.26. The van der Waals surface area contributed by atoms with Crippen LogP contribution in [0.25, 0.3) is 11.3 Å². The Bertz CT molecular complexity index is 839. The molecule has 2 rings (SSSR count). The molecule has 0 aliphatic rings. The third-order valence-electron chi connectivity index (χ3n) is 3.60. The molecule has 1 heterocycles. The van der Waals surface area contributed by atoms with E-state index in [1.54, 1.807) is 0 Å². The maximum absolute atomic E-state index is 11.9. The highest BCUT2D eigenvalue weighted by Crippen LogP contribution is 2.32. The molecule has 24 heavy (non-hydrogen) atoms. The standard InChI is InChI=1S/C16H19BrIN3O2S/c1-10(2)14-13(9-17)15(11-5-7-12(18)8-6-11)20-16(19-14)21(3)24(4,22)23/h5-8,10H,9H2,1-4H3. The highest BCUT2D eigenvalue weighted by molar-refractivity contribution is 14.1. The van der Waals surface area contributed by atoms with E-state index in [0.717, 1.165) is 36.6 Å². The van der Waals surface area contributed by atoms with Crippen molar-refractivity contribution in [1.82, 2.24) is 9.97 Å². The Morgan fingerprint density at radius 1 is 1.21 bits per heavy atom. The van der Waals surface area contributed by atoms with Crippen LogP contribution in [0, 0.1) is 3.57 Å². The van der Waals surface area contributed by atoms with Gasteiger partial charge in [-0.25, -0.2) is 22.7 Å². The summed E-state index contributed by atoms with van der Waals surface area (Å²) in [6.07, 6.45) is 1.15. The molecule has 0 bridgehead atoms. The number of alkyl halides is 1. The molecule has 0 fully saturated rings. The molecule has 0 saturated heterocycles. The van der Waals surface area contributed by atoms with Crippen LogP contribution in [0.1, 0.15) is 31.0 Å². The van der Waals surface area contributed by atoms with Gasteiger partial charge < -0.3 is 0 Å². The van der Waals surface area contributed by atoms with E-state index in [-0.39, 0.29) is 11.9 Å². The van der Waals surface area contributed by atoms with Gasteiger partial charge in [-0.2, -0.15) is 0 Å². The number of anilines is 1. The molecular weight excluding hydrogens is 505 g/mol. The molecule has 2 aromatic rings. The largest absolute Gasteiger partial charge is 0.241 e. The van der Waals surface area contributed by atoms with Crippen molar-refractivity contribution in [3.63, 3.8) is 0 Å². The van der Waals surface area contributed by atoms with Gasteiger partial charge in [0, 0.05) is 27.1 Å². The lowest BCUT2D eigenvalue weighted by atomic mass is 10.00. The van der Waals surface area contributed by atoms with E-state index in [4.69, 9.17) is 0 Å². The first-order chi connectivity index (χ1) is 11.1. The highest BCUT2D eigenvalue weighted by atomic mass is 127. The fourth-order valence-electron chi connectivity index (χ4n) is 2.23. The van der Waals surface area contributed by atoms with Gasteiger partial charge in [0.2, 0.25) is 16.0 Å². The van der Waals surface area contributed by atoms with Gasteiger partial charge in [0.25, 0.3) is 0 Å². The number of sulfonamides is 1. The minimum Gasteiger partial charge on any atom is -0.241 e. The second-order valence-corrected chi connectivity index (χ2v) is 9.58. The van der Waals surface area contributed by atoms with Crippen LogP contribution in [0.4, 0.5) is 5.95 Å². The van der Waals surface area contributed by atoms with Gasteiger partial charge in [0.15, 0.2) is 0 Å². The van der Waals surface area contributed by atoms with Crippen molar-refractivity contribution in [2.75, 3.05) is 17.6 Å². The molecule has 0 radical (unpaired) electrons. The molecule has 1 aromatic heterocycles. The van der Waals surface area contributed by atoms with Gasteiger partial charge in [0.05, 0.1) is 17.6 Å². The second kappa shape index (κ2) is 7.65. The number of halogens is 2. The zero-order valence-corrected chi connectivity index (χ0v) is 18.5. The Kier molecular flexibility index (Phi) is 6.24. The SMILES string of the molecule is CC(C)c1nc(N(C)S(C)(=O)=O)nc(-c2ccc(I)cc2)c1CBr. The zero-order chi connectivity index (χ0) is 18.1. The van der Waals surface area contributed by atoms with E-state index in [9.17, 15) is 8.42 Å². The number of hydrogen-bond acceptors (Lipinski definition) is 4. The van der Waals surface area contributed by atoms with E-state index in [2.05, 4.69) is 48.5 Å². The Hall–Kier alpha value is -0.740. The fourth-order valence-corrected chi connectivity index (χ4v) is 3.52. The summed E-state index contributed by atoms with van der Waals surface area (Å²) in [5, 5.41) is 0.602. The van der Waals surface area contributed by atoms with Crippen molar-refractivity contribution in [1.29, 1.82) is 0 Å². The van der Waals surface area contributed by atoms with Gasteiger partial charge in [-0.05, 0) is 40.6 Å². The fraction of sp³-hybridized carbons (Fsp3) is 0.375. The molecule has 0 aliphatic heterocycles. The van der Waals surface area contributed by atoms with Crippen molar-refractivity contribution in [3.8, 4) is 11.3 Å². The first-order valence-electron chi connectivity index (χ1n) is 7.31. The molecular formula is C16H19BrIN3O2S. The summed E-state index contributed by atoms with van der Waals surface area (Å²) in [4.78, 5) is 9.07. The lowest BCUT2D eigenvalue weighted by molar-refractivity contribution is 0.599. The molecule has 1 aromatic carbocycles. The summed E-state index contributed by atoms with van der Waals surface area (Å²) in [6.45, 7) is 4.08. The number of hydrogen-bond donors (Lipinski definition) is 0. The Morgan fingerprint density at radius 2 is 1.79 bits per heavy atom. The van der Waals surface area contributed by atoms with E-state index >= 15 is 0 Å². The molecule has 0 spiro atoms. The number of benzene rings is 1.